The van der Waals surface area contributed by atoms with Gasteiger partial charge < -0.3 is 15.5 Å². The van der Waals surface area contributed by atoms with Crippen molar-refractivity contribution in [2.45, 2.75) is 25.9 Å². The molecule has 5 heteroatoms. The minimum absolute atomic E-state index is 0.440. The van der Waals surface area contributed by atoms with E-state index in [0.29, 0.717) is 6.04 Å². The standard InChI is InChI=1S/C18H24N4S/c1-2-19-18(20-12-15-9-11-23-14-15)21-16-8-10-22(13-16)17-6-4-3-5-7-17/h3-7,9,11,14,16H,2,8,10,12-13H2,1H3,(H2,19,20,21). The molecular formula is C18H24N4S. The number of nitrogens with one attached hydrogen (secondary N) is 2. The van der Waals surface area contributed by atoms with Gasteiger partial charge in [0.05, 0.1) is 6.54 Å². The first-order valence-electron chi connectivity index (χ1n) is 8.21. The molecule has 0 aliphatic carbocycles. The van der Waals surface area contributed by atoms with Gasteiger partial charge in [-0.05, 0) is 47.9 Å². The van der Waals surface area contributed by atoms with Crippen molar-refractivity contribution >= 4 is 23.0 Å². The number of hydrogen-bond acceptors (Lipinski definition) is 3. The van der Waals surface area contributed by atoms with Crippen LogP contribution in [-0.4, -0.2) is 31.6 Å². The Hall–Kier alpha value is -2.01. The van der Waals surface area contributed by atoms with Gasteiger partial charge in [0.15, 0.2) is 5.96 Å². The highest BCUT2D eigenvalue weighted by Gasteiger charge is 2.23. The van der Waals surface area contributed by atoms with E-state index in [2.05, 4.69) is 69.6 Å². The first-order valence-corrected chi connectivity index (χ1v) is 9.15. The Kier molecular flexibility index (Phi) is 5.53. The highest BCUT2D eigenvalue weighted by molar-refractivity contribution is 7.07. The molecule has 1 aromatic carbocycles. The molecule has 2 aromatic rings. The first kappa shape index (κ1) is 15.9. The van der Waals surface area contributed by atoms with Crippen LogP contribution in [0.3, 0.4) is 0 Å². The average molecular weight is 328 g/mol. The SMILES string of the molecule is CCNC(=NCc1ccsc1)NC1CCN(c2ccccc2)C1. The molecule has 2 N–H and O–H groups in total. The molecule has 1 aliphatic rings. The van der Waals surface area contributed by atoms with Gasteiger partial charge in [-0.3, -0.25) is 0 Å². The van der Waals surface area contributed by atoms with Gasteiger partial charge in [-0.25, -0.2) is 4.99 Å². The Bertz CT molecular complexity index is 609. The third-order valence-electron chi connectivity index (χ3n) is 3.99. The zero-order valence-electron chi connectivity index (χ0n) is 13.5. The molecule has 1 atom stereocenters. The monoisotopic (exact) mass is 328 g/mol. The van der Waals surface area contributed by atoms with E-state index in [0.717, 1.165) is 38.6 Å². The molecule has 2 heterocycles. The van der Waals surface area contributed by atoms with Crippen molar-refractivity contribution in [1.82, 2.24) is 10.6 Å². The number of benzene rings is 1. The first-order chi connectivity index (χ1) is 11.3. The van der Waals surface area contributed by atoms with Crippen LogP contribution in [0.25, 0.3) is 0 Å². The number of anilines is 1. The summed E-state index contributed by atoms with van der Waals surface area (Å²) in [6.45, 7) is 5.82. The summed E-state index contributed by atoms with van der Waals surface area (Å²) in [5.41, 5.74) is 2.57. The van der Waals surface area contributed by atoms with Crippen molar-refractivity contribution in [2.24, 2.45) is 4.99 Å². The Morgan fingerprint density at radius 2 is 2.17 bits per heavy atom. The lowest BCUT2D eigenvalue weighted by Crippen LogP contribution is -2.44. The molecular weight excluding hydrogens is 304 g/mol. The van der Waals surface area contributed by atoms with Gasteiger partial charge in [-0.15, -0.1) is 0 Å². The third-order valence-corrected chi connectivity index (χ3v) is 4.73. The van der Waals surface area contributed by atoms with E-state index in [4.69, 9.17) is 4.99 Å². The van der Waals surface area contributed by atoms with Crippen LogP contribution in [0, 0.1) is 0 Å². The van der Waals surface area contributed by atoms with Crippen molar-refractivity contribution in [3.05, 3.63) is 52.7 Å². The Labute approximate surface area is 142 Å². The Morgan fingerprint density at radius 3 is 2.91 bits per heavy atom. The van der Waals surface area contributed by atoms with Gasteiger partial charge in [0.1, 0.15) is 0 Å². The fraction of sp³-hybridized carbons (Fsp3) is 0.389. The summed E-state index contributed by atoms with van der Waals surface area (Å²) < 4.78 is 0. The molecule has 0 saturated carbocycles. The van der Waals surface area contributed by atoms with Crippen molar-refractivity contribution in [1.29, 1.82) is 0 Å². The molecule has 3 rings (SSSR count). The summed E-state index contributed by atoms with van der Waals surface area (Å²) in [6.07, 6.45) is 1.14. The molecule has 1 fully saturated rings. The largest absolute Gasteiger partial charge is 0.369 e. The maximum absolute atomic E-state index is 4.70. The number of hydrogen-bond donors (Lipinski definition) is 2. The lowest BCUT2D eigenvalue weighted by atomic mass is 10.2. The van der Waals surface area contributed by atoms with Crippen LogP contribution in [0.5, 0.6) is 0 Å². The van der Waals surface area contributed by atoms with Crippen molar-refractivity contribution in [2.75, 3.05) is 24.5 Å². The number of aliphatic imine (C=N–C) groups is 1. The van der Waals surface area contributed by atoms with E-state index in [1.54, 1.807) is 11.3 Å². The van der Waals surface area contributed by atoms with E-state index in [9.17, 15) is 0 Å². The van der Waals surface area contributed by atoms with Crippen LogP contribution in [0.15, 0.2) is 52.2 Å². The lowest BCUT2D eigenvalue weighted by Gasteiger charge is -2.20. The second-order valence-corrected chi connectivity index (χ2v) is 6.52. The summed E-state index contributed by atoms with van der Waals surface area (Å²) in [4.78, 5) is 7.13. The van der Waals surface area contributed by atoms with E-state index in [1.807, 2.05) is 0 Å². The molecule has 1 aliphatic heterocycles. The van der Waals surface area contributed by atoms with Crippen molar-refractivity contribution < 1.29 is 0 Å². The minimum Gasteiger partial charge on any atom is -0.369 e. The highest BCUT2D eigenvalue weighted by Crippen LogP contribution is 2.19. The molecule has 23 heavy (non-hydrogen) atoms. The molecule has 0 amide bonds. The lowest BCUT2D eigenvalue weighted by molar-refractivity contribution is 0.649. The Balaban J connectivity index is 1.57. The quantitative estimate of drug-likeness (QED) is 0.654. The highest BCUT2D eigenvalue weighted by atomic mass is 32.1. The summed E-state index contributed by atoms with van der Waals surface area (Å²) in [7, 11) is 0. The summed E-state index contributed by atoms with van der Waals surface area (Å²) >= 11 is 1.72. The predicted molar refractivity (Wildman–Crippen MR) is 99.3 cm³/mol. The van der Waals surface area contributed by atoms with Crippen molar-refractivity contribution in [3.8, 4) is 0 Å². The van der Waals surface area contributed by atoms with Gasteiger partial charge in [0.25, 0.3) is 0 Å². The molecule has 4 nitrogen and oxygen atoms in total. The second-order valence-electron chi connectivity index (χ2n) is 5.74. The molecule has 0 bridgehead atoms. The van der Waals surface area contributed by atoms with E-state index in [1.165, 1.54) is 11.3 Å². The predicted octanol–water partition coefficient (Wildman–Crippen LogP) is 3.08. The van der Waals surface area contributed by atoms with Crippen LogP contribution in [-0.2, 0) is 6.54 Å². The summed E-state index contributed by atoms with van der Waals surface area (Å²) in [6, 6.07) is 13.2. The van der Waals surface area contributed by atoms with Gasteiger partial charge in [-0.2, -0.15) is 11.3 Å². The molecule has 122 valence electrons. The van der Waals surface area contributed by atoms with E-state index < -0.39 is 0 Å². The summed E-state index contributed by atoms with van der Waals surface area (Å²) in [5, 5.41) is 11.2. The summed E-state index contributed by atoms with van der Waals surface area (Å²) in [5.74, 6) is 0.915. The van der Waals surface area contributed by atoms with E-state index >= 15 is 0 Å². The fourth-order valence-corrected chi connectivity index (χ4v) is 3.48. The van der Waals surface area contributed by atoms with Gasteiger partial charge in [0.2, 0.25) is 0 Å². The number of guanidine groups is 1. The molecule has 1 unspecified atom stereocenters. The van der Waals surface area contributed by atoms with Gasteiger partial charge >= 0.3 is 0 Å². The Morgan fingerprint density at radius 1 is 1.30 bits per heavy atom. The topological polar surface area (TPSA) is 39.7 Å². The van der Waals surface area contributed by atoms with Crippen LogP contribution < -0.4 is 15.5 Å². The van der Waals surface area contributed by atoms with E-state index in [-0.39, 0.29) is 0 Å². The number of para-hydroxylation sites is 1. The van der Waals surface area contributed by atoms with Crippen molar-refractivity contribution in [3.63, 3.8) is 0 Å². The van der Waals surface area contributed by atoms with Crippen LogP contribution in [0.2, 0.25) is 0 Å². The maximum Gasteiger partial charge on any atom is 0.191 e. The molecule has 0 radical (unpaired) electrons. The third kappa shape index (κ3) is 4.48. The van der Waals surface area contributed by atoms with Crippen LogP contribution >= 0.6 is 11.3 Å². The minimum atomic E-state index is 0.440. The van der Waals surface area contributed by atoms with Crippen LogP contribution in [0.4, 0.5) is 5.69 Å². The maximum atomic E-state index is 4.70. The van der Waals surface area contributed by atoms with Gasteiger partial charge in [-0.1, -0.05) is 18.2 Å². The number of nitrogens with zero attached hydrogens (tertiary/aromatic N) is 2. The average Bonchev–Trinajstić information content (AvgIpc) is 3.25. The second kappa shape index (κ2) is 8.02. The normalized spacial score (nSPS) is 18.2. The zero-order chi connectivity index (χ0) is 15.9. The molecule has 1 aromatic heterocycles. The van der Waals surface area contributed by atoms with Gasteiger partial charge in [0, 0.05) is 31.4 Å². The fourth-order valence-electron chi connectivity index (χ4n) is 2.82. The molecule has 1 saturated heterocycles. The number of thiophene rings is 1. The van der Waals surface area contributed by atoms with Crippen LogP contribution in [0.1, 0.15) is 18.9 Å². The number of rotatable bonds is 5. The molecule has 0 spiro atoms. The zero-order valence-corrected chi connectivity index (χ0v) is 14.4. The smallest absolute Gasteiger partial charge is 0.191 e.